The molecule has 0 aliphatic carbocycles. The number of carbonyl (C=O) groups excluding carboxylic acids is 2. The number of rotatable bonds is 4. The smallest absolute Gasteiger partial charge is 0.305 e. The van der Waals surface area contributed by atoms with Crippen molar-refractivity contribution in [2.45, 2.75) is 5.57 Å². The predicted octanol–water partition coefficient (Wildman–Crippen LogP) is 2.09. The van der Waals surface area contributed by atoms with Gasteiger partial charge in [-0.05, 0) is 23.7 Å². The van der Waals surface area contributed by atoms with Crippen LogP contribution in [0.5, 0.6) is 0 Å². The van der Waals surface area contributed by atoms with Crippen LogP contribution in [0.4, 0.5) is 8.78 Å². The van der Waals surface area contributed by atoms with Crippen LogP contribution in [-0.4, -0.2) is 35.4 Å². The number of benzene rings is 1. The second kappa shape index (κ2) is 4.62. The molecule has 18 heavy (non-hydrogen) atoms. The molecule has 1 aromatic carbocycles. The van der Waals surface area contributed by atoms with E-state index in [4.69, 9.17) is 0 Å². The zero-order chi connectivity index (χ0) is 13.3. The summed E-state index contributed by atoms with van der Waals surface area (Å²) in [5.74, 6) is -1.03. The molecule has 96 valence electrons. The molecule has 1 aliphatic rings. The van der Waals surface area contributed by atoms with E-state index in [1.807, 2.05) is 0 Å². The van der Waals surface area contributed by atoms with Gasteiger partial charge in [0.15, 0.2) is 0 Å². The van der Waals surface area contributed by atoms with E-state index in [0.29, 0.717) is 0 Å². The molecule has 0 atom stereocenters. The van der Waals surface area contributed by atoms with Crippen LogP contribution in [0.3, 0.4) is 0 Å². The van der Waals surface area contributed by atoms with Crippen molar-refractivity contribution in [1.82, 2.24) is 4.90 Å². The van der Waals surface area contributed by atoms with Crippen LogP contribution in [0, 0.1) is 0 Å². The van der Waals surface area contributed by atoms with E-state index in [1.165, 1.54) is 12.1 Å². The van der Waals surface area contributed by atoms with Gasteiger partial charge in [0.05, 0.1) is 24.3 Å². The van der Waals surface area contributed by atoms with Crippen molar-refractivity contribution in [2.24, 2.45) is 0 Å². The normalized spacial score (nSPS) is 15.2. The Kier molecular flexibility index (Phi) is 3.32. The van der Waals surface area contributed by atoms with E-state index >= 15 is 0 Å². The molecule has 0 fully saturated rings. The highest BCUT2D eigenvalue weighted by Gasteiger charge is 2.35. The third-order valence-corrected chi connectivity index (χ3v) is 2.57. The molecule has 1 aromatic rings. The Morgan fingerprint density at radius 1 is 1.17 bits per heavy atom. The zero-order valence-electron chi connectivity index (χ0n) is 9.03. The molecule has 4 nitrogen and oxygen atoms in total. The van der Waals surface area contributed by atoms with Gasteiger partial charge in [0.25, 0.3) is 11.8 Å². The number of hydrogen-bond donors (Lipinski definition) is 0. The molecule has 0 aromatic heterocycles. The van der Waals surface area contributed by atoms with Crippen molar-refractivity contribution in [3.8, 4) is 0 Å². The lowest BCUT2D eigenvalue weighted by Gasteiger charge is -2.15. The Hall–Kier alpha value is -1.53. The highest BCUT2D eigenvalue weighted by Crippen LogP contribution is 2.23. The van der Waals surface area contributed by atoms with Crippen LogP contribution < -0.4 is 0 Å². The van der Waals surface area contributed by atoms with Gasteiger partial charge in [-0.1, -0.05) is 12.1 Å². The van der Waals surface area contributed by atoms with Crippen LogP contribution in [-0.2, 0) is 4.74 Å². The fourth-order valence-corrected chi connectivity index (χ4v) is 1.77. The standard InChI is InChI=1S/C11H8ClF2NO3/c12-11(13,14)18-6-5-15-9(16)7-3-1-2-4-8(7)10(15)17/h1-4H,5-6H2. The minimum atomic E-state index is -3.79. The van der Waals surface area contributed by atoms with Gasteiger partial charge in [-0.3, -0.25) is 14.5 Å². The lowest BCUT2D eigenvalue weighted by Crippen LogP contribution is -2.34. The van der Waals surface area contributed by atoms with E-state index in [0.717, 1.165) is 4.90 Å². The molecule has 0 radical (unpaired) electrons. The largest absolute Gasteiger partial charge is 0.440 e. The van der Waals surface area contributed by atoms with Gasteiger partial charge in [-0.15, -0.1) is 0 Å². The average Bonchev–Trinajstić information content (AvgIpc) is 2.53. The van der Waals surface area contributed by atoms with Crippen molar-refractivity contribution >= 4 is 23.4 Å². The van der Waals surface area contributed by atoms with E-state index < -0.39 is 24.0 Å². The first-order chi connectivity index (χ1) is 8.40. The van der Waals surface area contributed by atoms with Gasteiger partial charge < -0.3 is 4.74 Å². The van der Waals surface area contributed by atoms with Gasteiger partial charge in [-0.25, -0.2) is 0 Å². The molecule has 0 unspecified atom stereocenters. The second-order valence-electron chi connectivity index (χ2n) is 3.60. The maximum absolute atomic E-state index is 12.2. The topological polar surface area (TPSA) is 46.6 Å². The summed E-state index contributed by atoms with van der Waals surface area (Å²) in [6.07, 6.45) is 0. The molecule has 1 aliphatic heterocycles. The minimum absolute atomic E-state index is 0.264. The minimum Gasteiger partial charge on any atom is -0.305 e. The van der Waals surface area contributed by atoms with Crippen molar-refractivity contribution in [3.63, 3.8) is 0 Å². The number of amides is 2. The molecular weight excluding hydrogens is 268 g/mol. The summed E-state index contributed by atoms with van der Waals surface area (Å²) in [5.41, 5.74) is -3.26. The fraction of sp³-hybridized carbons (Fsp3) is 0.273. The second-order valence-corrected chi connectivity index (χ2v) is 4.04. The molecule has 2 amide bonds. The highest BCUT2D eigenvalue weighted by molar-refractivity contribution is 6.21. The molecule has 0 saturated carbocycles. The first-order valence-electron chi connectivity index (χ1n) is 5.06. The van der Waals surface area contributed by atoms with E-state index in [-0.39, 0.29) is 17.7 Å². The van der Waals surface area contributed by atoms with E-state index in [1.54, 1.807) is 12.1 Å². The van der Waals surface area contributed by atoms with Crippen LogP contribution >= 0.6 is 11.6 Å². The number of ether oxygens (including phenoxy) is 1. The summed E-state index contributed by atoms with van der Waals surface area (Å²) in [6, 6.07) is 6.26. The van der Waals surface area contributed by atoms with Gasteiger partial charge in [0.2, 0.25) is 0 Å². The Morgan fingerprint density at radius 3 is 2.11 bits per heavy atom. The fourth-order valence-electron chi connectivity index (χ4n) is 1.69. The SMILES string of the molecule is O=C1c2ccccc2C(=O)N1CCOC(F)(F)Cl. The van der Waals surface area contributed by atoms with Gasteiger partial charge >= 0.3 is 5.57 Å². The molecule has 2 rings (SSSR count). The number of carbonyl (C=O) groups is 2. The summed E-state index contributed by atoms with van der Waals surface area (Å²) >= 11 is 4.54. The quantitative estimate of drug-likeness (QED) is 0.624. The molecule has 7 heteroatoms. The highest BCUT2D eigenvalue weighted by atomic mass is 35.5. The first kappa shape index (κ1) is 12.9. The average molecular weight is 276 g/mol. The number of halogens is 3. The zero-order valence-corrected chi connectivity index (χ0v) is 9.79. The van der Waals surface area contributed by atoms with Crippen LogP contribution in [0.1, 0.15) is 20.7 Å². The van der Waals surface area contributed by atoms with Gasteiger partial charge in [0, 0.05) is 0 Å². The summed E-state index contributed by atoms with van der Waals surface area (Å²) < 4.78 is 28.4. The van der Waals surface area contributed by atoms with E-state index in [9.17, 15) is 18.4 Å². The third-order valence-electron chi connectivity index (χ3n) is 2.46. The van der Waals surface area contributed by atoms with Crippen LogP contribution in [0.25, 0.3) is 0 Å². The van der Waals surface area contributed by atoms with Crippen LogP contribution in [0.15, 0.2) is 24.3 Å². The molecule has 1 heterocycles. The summed E-state index contributed by atoms with van der Waals surface area (Å²) in [4.78, 5) is 24.4. The Bertz CT molecular complexity index is 466. The predicted molar refractivity (Wildman–Crippen MR) is 58.6 cm³/mol. The number of alkyl halides is 3. The lowest BCUT2D eigenvalue weighted by molar-refractivity contribution is -0.170. The molecule has 0 bridgehead atoms. The summed E-state index contributed by atoms with van der Waals surface area (Å²) in [5, 5.41) is 0. The molecular formula is C11H8ClF2NO3. The van der Waals surface area contributed by atoms with Crippen molar-refractivity contribution < 1.29 is 23.1 Å². The monoisotopic (exact) mass is 275 g/mol. The molecule has 0 spiro atoms. The van der Waals surface area contributed by atoms with Crippen LogP contribution in [0.2, 0.25) is 0 Å². The number of imide groups is 1. The number of fused-ring (bicyclic) bond motifs is 1. The Morgan fingerprint density at radius 2 is 1.67 bits per heavy atom. The van der Waals surface area contributed by atoms with Gasteiger partial charge in [0.1, 0.15) is 0 Å². The van der Waals surface area contributed by atoms with E-state index in [2.05, 4.69) is 16.3 Å². The van der Waals surface area contributed by atoms with Crippen molar-refractivity contribution in [2.75, 3.05) is 13.2 Å². The Labute approximate surface area is 106 Å². The van der Waals surface area contributed by atoms with Crippen molar-refractivity contribution in [3.05, 3.63) is 35.4 Å². The first-order valence-corrected chi connectivity index (χ1v) is 5.44. The molecule has 0 N–H and O–H groups in total. The van der Waals surface area contributed by atoms with Gasteiger partial charge in [-0.2, -0.15) is 8.78 Å². The third kappa shape index (κ3) is 2.49. The van der Waals surface area contributed by atoms with Crippen molar-refractivity contribution in [1.29, 1.82) is 0 Å². The summed E-state index contributed by atoms with van der Waals surface area (Å²) in [6.45, 7) is -0.795. The summed E-state index contributed by atoms with van der Waals surface area (Å²) in [7, 11) is 0. The molecule has 0 saturated heterocycles. The number of hydrogen-bond acceptors (Lipinski definition) is 3. The number of nitrogens with zero attached hydrogens (tertiary/aromatic N) is 1. The Balaban J connectivity index is 2.05. The lowest BCUT2D eigenvalue weighted by atomic mass is 10.1. The maximum atomic E-state index is 12.2. The maximum Gasteiger partial charge on any atom is 0.440 e.